The van der Waals surface area contributed by atoms with Gasteiger partial charge >= 0.3 is 0 Å². The monoisotopic (exact) mass is 657 g/mol. The zero-order valence-electron chi connectivity index (χ0n) is 28.2. The van der Waals surface area contributed by atoms with Crippen LogP contribution in [0.25, 0.3) is 12.2 Å². The Morgan fingerprint density at radius 2 is 1.15 bits per heavy atom. The molecule has 0 spiro atoms. The largest absolute Gasteiger partial charge is 0.493 e. The molecule has 11 nitrogen and oxygen atoms in total. The Kier molecular flexibility index (Phi) is 12.7. The molecule has 2 aliphatic rings. The predicted octanol–water partition coefficient (Wildman–Crippen LogP) is 4.37. The number of aryl methyl sites for hydroxylation is 2. The van der Waals surface area contributed by atoms with Crippen molar-refractivity contribution in [1.29, 1.82) is 0 Å². The fraction of sp³-hybridized carbons (Fsp3) is 0.351. The van der Waals surface area contributed by atoms with Gasteiger partial charge in [0, 0.05) is 38.3 Å². The Hall–Kier alpha value is -5.16. The van der Waals surface area contributed by atoms with E-state index >= 15 is 0 Å². The van der Waals surface area contributed by atoms with Crippen molar-refractivity contribution < 1.29 is 38.1 Å². The number of ether oxygens (including phenoxy) is 4. The standard InChI is InChI=1S/C37H43N3O8/c1-26-22-28(12-14-34(43)39-16-8-6-10-32(39)41)24-30(45-4)36(26)47-20-18-38(3)19-21-48-37-27(2)23-29(25-31(37)46-5)13-15-35(44)40-17-9-7-11-33(40)42/h6-7,10-15,22-25H,8-9,16-21H2,1-5H3/b14-12+,15-13+. The van der Waals surface area contributed by atoms with Gasteiger partial charge in [0.05, 0.1) is 14.2 Å². The first-order valence-electron chi connectivity index (χ1n) is 15.8. The van der Waals surface area contributed by atoms with Crippen LogP contribution in [-0.4, -0.2) is 99.0 Å². The molecule has 0 aromatic heterocycles. The SMILES string of the molecule is COc1cc(/C=C/C(=O)N2CCC=CC2=O)cc(C)c1OCCN(C)CCOc1c(C)cc(/C=C/C(=O)N2CCC=CC2=O)cc1OC. The lowest BCUT2D eigenvalue weighted by molar-refractivity contribution is -0.140. The highest BCUT2D eigenvalue weighted by molar-refractivity contribution is 6.07. The third-order valence-corrected chi connectivity index (χ3v) is 7.86. The maximum absolute atomic E-state index is 12.5. The first-order valence-corrected chi connectivity index (χ1v) is 15.8. The zero-order chi connectivity index (χ0) is 34.6. The Balaban J connectivity index is 1.27. The summed E-state index contributed by atoms with van der Waals surface area (Å²) in [6.45, 7) is 6.65. The van der Waals surface area contributed by atoms with Gasteiger partial charge in [-0.1, -0.05) is 12.2 Å². The minimum absolute atomic E-state index is 0.306. The van der Waals surface area contributed by atoms with E-state index in [1.807, 2.05) is 33.0 Å². The molecule has 0 fully saturated rings. The number of amides is 4. The van der Waals surface area contributed by atoms with Crippen molar-refractivity contribution in [3.05, 3.63) is 83.0 Å². The minimum atomic E-state index is -0.356. The number of hydrogen-bond acceptors (Lipinski definition) is 9. The fourth-order valence-electron chi connectivity index (χ4n) is 5.25. The van der Waals surface area contributed by atoms with Gasteiger partial charge in [-0.15, -0.1) is 0 Å². The van der Waals surface area contributed by atoms with Gasteiger partial charge in [0.1, 0.15) is 13.2 Å². The third kappa shape index (κ3) is 9.45. The second-order valence-electron chi connectivity index (χ2n) is 11.4. The first kappa shape index (κ1) is 35.7. The van der Waals surface area contributed by atoms with E-state index in [1.165, 1.54) is 34.1 Å². The van der Waals surface area contributed by atoms with Crippen molar-refractivity contribution in [3.63, 3.8) is 0 Å². The van der Waals surface area contributed by atoms with Crippen molar-refractivity contribution >= 4 is 35.8 Å². The highest BCUT2D eigenvalue weighted by Crippen LogP contribution is 2.34. The Morgan fingerprint density at radius 3 is 1.52 bits per heavy atom. The number of imide groups is 2. The second-order valence-corrected chi connectivity index (χ2v) is 11.4. The first-order chi connectivity index (χ1) is 23.1. The molecule has 0 radical (unpaired) electrons. The van der Waals surface area contributed by atoms with Crippen molar-refractivity contribution in [2.45, 2.75) is 26.7 Å². The molecule has 2 aliphatic heterocycles. The number of benzene rings is 2. The quantitative estimate of drug-likeness (QED) is 0.273. The van der Waals surface area contributed by atoms with Gasteiger partial charge in [0.15, 0.2) is 23.0 Å². The summed E-state index contributed by atoms with van der Waals surface area (Å²) in [7, 11) is 5.11. The normalized spacial score (nSPS) is 14.8. The number of carbonyl (C=O) groups excluding carboxylic acids is 4. The average Bonchev–Trinajstić information content (AvgIpc) is 3.07. The molecule has 0 unspecified atom stereocenters. The van der Waals surface area contributed by atoms with E-state index in [4.69, 9.17) is 18.9 Å². The molecule has 0 aliphatic carbocycles. The van der Waals surface area contributed by atoms with Crippen LogP contribution in [0.3, 0.4) is 0 Å². The Labute approximate surface area is 281 Å². The number of hydrogen-bond donors (Lipinski definition) is 0. The third-order valence-electron chi connectivity index (χ3n) is 7.86. The Bertz CT molecular complexity index is 1520. The van der Waals surface area contributed by atoms with E-state index in [-0.39, 0.29) is 23.6 Å². The Morgan fingerprint density at radius 1 is 0.729 bits per heavy atom. The van der Waals surface area contributed by atoms with Crippen LogP contribution in [0.2, 0.25) is 0 Å². The fourth-order valence-corrected chi connectivity index (χ4v) is 5.25. The molecular formula is C37H43N3O8. The average molecular weight is 658 g/mol. The summed E-state index contributed by atoms with van der Waals surface area (Å²) in [5.74, 6) is 1.02. The molecule has 4 rings (SSSR count). The molecule has 11 heteroatoms. The van der Waals surface area contributed by atoms with Gasteiger partial charge in [0.25, 0.3) is 23.6 Å². The highest BCUT2D eigenvalue weighted by Gasteiger charge is 2.20. The maximum Gasteiger partial charge on any atom is 0.253 e. The zero-order valence-corrected chi connectivity index (χ0v) is 28.2. The summed E-state index contributed by atoms with van der Waals surface area (Å²) in [6.07, 6.45) is 13.8. The van der Waals surface area contributed by atoms with Crippen LogP contribution in [-0.2, 0) is 19.2 Å². The smallest absolute Gasteiger partial charge is 0.253 e. The maximum atomic E-state index is 12.5. The molecule has 48 heavy (non-hydrogen) atoms. The lowest BCUT2D eigenvalue weighted by atomic mass is 10.1. The molecule has 2 aromatic rings. The number of methoxy groups -OCH3 is 2. The van der Waals surface area contributed by atoms with Gasteiger partial charge in [-0.05, 0) is 105 Å². The predicted molar refractivity (Wildman–Crippen MR) is 183 cm³/mol. The van der Waals surface area contributed by atoms with E-state index < -0.39 is 0 Å². The number of carbonyl (C=O) groups is 4. The van der Waals surface area contributed by atoms with Crippen molar-refractivity contribution in [2.75, 3.05) is 60.7 Å². The van der Waals surface area contributed by atoms with E-state index in [0.717, 1.165) is 22.3 Å². The molecule has 0 N–H and O–H groups in total. The lowest BCUT2D eigenvalue weighted by Crippen LogP contribution is -2.37. The van der Waals surface area contributed by atoms with E-state index in [9.17, 15) is 19.2 Å². The van der Waals surface area contributed by atoms with Crippen LogP contribution in [0.4, 0.5) is 0 Å². The van der Waals surface area contributed by atoms with E-state index in [1.54, 1.807) is 50.7 Å². The van der Waals surface area contributed by atoms with Crippen molar-refractivity contribution in [1.82, 2.24) is 14.7 Å². The molecule has 0 bridgehead atoms. The molecule has 4 amide bonds. The summed E-state index contributed by atoms with van der Waals surface area (Å²) in [5, 5.41) is 0. The van der Waals surface area contributed by atoms with Crippen LogP contribution >= 0.6 is 0 Å². The molecule has 0 saturated carbocycles. The van der Waals surface area contributed by atoms with Gasteiger partial charge in [-0.25, -0.2) is 0 Å². The van der Waals surface area contributed by atoms with Gasteiger partial charge in [-0.2, -0.15) is 0 Å². The molecular weight excluding hydrogens is 614 g/mol. The van der Waals surface area contributed by atoms with Crippen molar-refractivity contribution in [2.24, 2.45) is 0 Å². The molecule has 0 atom stereocenters. The summed E-state index contributed by atoms with van der Waals surface area (Å²) >= 11 is 0. The summed E-state index contributed by atoms with van der Waals surface area (Å²) in [6, 6.07) is 7.39. The molecule has 0 saturated heterocycles. The number of rotatable bonds is 14. The number of nitrogens with zero attached hydrogens (tertiary/aromatic N) is 3. The van der Waals surface area contributed by atoms with Crippen LogP contribution in [0.15, 0.2) is 60.7 Å². The van der Waals surface area contributed by atoms with Gasteiger partial charge in [-0.3, -0.25) is 33.9 Å². The summed E-state index contributed by atoms with van der Waals surface area (Å²) in [4.78, 5) is 53.4. The van der Waals surface area contributed by atoms with Gasteiger partial charge in [0.2, 0.25) is 0 Å². The topological polar surface area (TPSA) is 115 Å². The van der Waals surface area contributed by atoms with Crippen molar-refractivity contribution in [3.8, 4) is 23.0 Å². The van der Waals surface area contributed by atoms with Crippen LogP contribution < -0.4 is 18.9 Å². The second kappa shape index (κ2) is 17.1. The van der Waals surface area contributed by atoms with Crippen LogP contribution in [0.1, 0.15) is 35.1 Å². The van der Waals surface area contributed by atoms with E-state index in [0.29, 0.717) is 75.2 Å². The molecule has 2 aromatic carbocycles. The summed E-state index contributed by atoms with van der Waals surface area (Å²) < 4.78 is 23.4. The van der Waals surface area contributed by atoms with Crippen LogP contribution in [0, 0.1) is 13.8 Å². The van der Waals surface area contributed by atoms with Crippen LogP contribution in [0.5, 0.6) is 23.0 Å². The minimum Gasteiger partial charge on any atom is -0.493 e. The summed E-state index contributed by atoms with van der Waals surface area (Å²) in [5.41, 5.74) is 3.22. The highest BCUT2D eigenvalue weighted by atomic mass is 16.5. The molecule has 2 heterocycles. The van der Waals surface area contributed by atoms with Gasteiger partial charge < -0.3 is 18.9 Å². The lowest BCUT2D eigenvalue weighted by Gasteiger charge is -2.20. The number of likely N-dealkylation sites (N-methyl/N-ethyl adjacent to an activating group) is 1. The molecule has 254 valence electrons. The van der Waals surface area contributed by atoms with E-state index in [2.05, 4.69) is 4.90 Å².